The Labute approximate surface area is 105 Å². The Morgan fingerprint density at radius 3 is 1.16 bits per heavy atom. The Morgan fingerprint density at radius 1 is 0.632 bits per heavy atom. The van der Waals surface area contributed by atoms with Crippen molar-refractivity contribution in [3.05, 3.63) is 47.5 Å². The van der Waals surface area contributed by atoms with Gasteiger partial charge in [-0.2, -0.15) is 0 Å². The third-order valence-corrected chi connectivity index (χ3v) is 2.34. The lowest BCUT2D eigenvalue weighted by molar-refractivity contribution is 0.459. The van der Waals surface area contributed by atoms with Crippen molar-refractivity contribution in [2.75, 3.05) is 11.5 Å². The highest BCUT2D eigenvalue weighted by atomic mass is 19.1. The van der Waals surface area contributed by atoms with Crippen molar-refractivity contribution in [2.24, 2.45) is 0 Å². The molecule has 100 valence electrons. The summed E-state index contributed by atoms with van der Waals surface area (Å²) in [4.78, 5) is 0. The van der Waals surface area contributed by atoms with E-state index < -0.39 is 34.6 Å². The van der Waals surface area contributed by atoms with Crippen LogP contribution in [-0.4, -0.2) is 0 Å². The number of hydrogen-bond donors (Lipinski definition) is 2. The molecule has 0 aliphatic carbocycles. The van der Waals surface area contributed by atoms with Gasteiger partial charge in [0.15, 0.2) is 23.3 Å². The second kappa shape index (κ2) is 4.68. The second-order valence-corrected chi connectivity index (χ2v) is 3.70. The molecule has 0 atom stereocenters. The summed E-state index contributed by atoms with van der Waals surface area (Å²) in [6.07, 6.45) is 0. The lowest BCUT2D eigenvalue weighted by Crippen LogP contribution is -1.98. The van der Waals surface area contributed by atoms with E-state index in [0.717, 1.165) is 24.3 Å². The number of ether oxygens (including phenoxy) is 1. The number of hydrogen-bond acceptors (Lipinski definition) is 3. The van der Waals surface area contributed by atoms with Crippen molar-refractivity contribution in [3.8, 4) is 11.5 Å². The van der Waals surface area contributed by atoms with Gasteiger partial charge in [-0.25, -0.2) is 17.6 Å². The van der Waals surface area contributed by atoms with E-state index in [9.17, 15) is 17.6 Å². The zero-order chi connectivity index (χ0) is 14.2. The highest BCUT2D eigenvalue weighted by molar-refractivity contribution is 5.48. The predicted molar refractivity (Wildman–Crippen MR) is 61.6 cm³/mol. The van der Waals surface area contributed by atoms with Gasteiger partial charge in [0, 0.05) is 24.3 Å². The lowest BCUT2D eigenvalue weighted by atomic mass is 10.2. The molecule has 0 spiro atoms. The molecule has 0 fully saturated rings. The van der Waals surface area contributed by atoms with Crippen LogP contribution in [0.2, 0.25) is 0 Å². The molecule has 3 nitrogen and oxygen atoms in total. The molecule has 2 rings (SSSR count). The van der Waals surface area contributed by atoms with Gasteiger partial charge in [0.1, 0.15) is 22.9 Å². The molecule has 0 saturated carbocycles. The SMILES string of the molecule is Nc1c(F)cc(Oc2cc(F)c(N)c(F)c2)cc1F. The first-order valence-electron chi connectivity index (χ1n) is 5.05. The fourth-order valence-electron chi connectivity index (χ4n) is 1.38. The summed E-state index contributed by atoms with van der Waals surface area (Å²) >= 11 is 0. The maximum absolute atomic E-state index is 13.2. The van der Waals surface area contributed by atoms with Gasteiger partial charge in [-0.3, -0.25) is 0 Å². The third kappa shape index (κ3) is 2.54. The van der Waals surface area contributed by atoms with Crippen LogP contribution in [-0.2, 0) is 0 Å². The molecular formula is C12H8F4N2O. The van der Waals surface area contributed by atoms with Gasteiger partial charge in [-0.05, 0) is 0 Å². The van der Waals surface area contributed by atoms with Crippen LogP contribution in [0, 0.1) is 23.3 Å². The van der Waals surface area contributed by atoms with Crippen LogP contribution in [0.5, 0.6) is 11.5 Å². The number of anilines is 2. The summed E-state index contributed by atoms with van der Waals surface area (Å²) in [5, 5.41) is 0. The minimum Gasteiger partial charge on any atom is -0.457 e. The lowest BCUT2D eigenvalue weighted by Gasteiger charge is -2.09. The van der Waals surface area contributed by atoms with Gasteiger partial charge in [0.05, 0.1) is 0 Å². The Morgan fingerprint density at radius 2 is 0.895 bits per heavy atom. The highest BCUT2D eigenvalue weighted by Crippen LogP contribution is 2.29. The van der Waals surface area contributed by atoms with Crippen molar-refractivity contribution in [1.82, 2.24) is 0 Å². The van der Waals surface area contributed by atoms with Crippen molar-refractivity contribution >= 4 is 11.4 Å². The first-order valence-corrected chi connectivity index (χ1v) is 5.05. The Balaban J connectivity index is 2.36. The monoisotopic (exact) mass is 272 g/mol. The van der Waals surface area contributed by atoms with Crippen molar-refractivity contribution in [1.29, 1.82) is 0 Å². The van der Waals surface area contributed by atoms with Gasteiger partial charge in [0.2, 0.25) is 0 Å². The molecule has 7 heteroatoms. The Hall–Kier alpha value is -2.44. The third-order valence-electron chi connectivity index (χ3n) is 2.34. The summed E-state index contributed by atoms with van der Waals surface area (Å²) < 4.78 is 57.5. The average molecular weight is 272 g/mol. The summed E-state index contributed by atoms with van der Waals surface area (Å²) in [5.74, 6) is -4.71. The minimum atomic E-state index is -1.04. The van der Waals surface area contributed by atoms with Crippen molar-refractivity contribution in [3.63, 3.8) is 0 Å². The molecular weight excluding hydrogens is 264 g/mol. The summed E-state index contributed by atoms with van der Waals surface area (Å²) in [5.41, 5.74) is 8.81. The van der Waals surface area contributed by atoms with E-state index in [2.05, 4.69) is 0 Å². The maximum atomic E-state index is 13.2. The van der Waals surface area contributed by atoms with Gasteiger partial charge in [0.25, 0.3) is 0 Å². The standard InChI is InChI=1S/C12H8F4N2O/c13-7-1-5(2-8(14)11(7)17)19-6-3-9(15)12(18)10(16)4-6/h1-4H,17-18H2. The van der Waals surface area contributed by atoms with Gasteiger partial charge < -0.3 is 16.2 Å². The quantitative estimate of drug-likeness (QED) is 0.652. The van der Waals surface area contributed by atoms with Crippen LogP contribution in [0.3, 0.4) is 0 Å². The molecule has 0 aliphatic heterocycles. The van der Waals surface area contributed by atoms with Gasteiger partial charge in [-0.1, -0.05) is 0 Å². The van der Waals surface area contributed by atoms with Gasteiger partial charge >= 0.3 is 0 Å². The predicted octanol–water partition coefficient (Wildman–Crippen LogP) is 3.20. The maximum Gasteiger partial charge on any atom is 0.152 e. The van der Waals surface area contributed by atoms with Crippen LogP contribution in [0.4, 0.5) is 28.9 Å². The molecule has 0 unspecified atom stereocenters. The minimum absolute atomic E-state index is 0.284. The number of nitrogens with two attached hydrogens (primary N) is 2. The van der Waals surface area contributed by atoms with Crippen LogP contribution in [0.1, 0.15) is 0 Å². The summed E-state index contributed by atoms with van der Waals surface area (Å²) in [6.45, 7) is 0. The smallest absolute Gasteiger partial charge is 0.152 e. The fourth-order valence-corrected chi connectivity index (χ4v) is 1.38. The molecule has 0 aromatic heterocycles. The van der Waals surface area contributed by atoms with E-state index in [-0.39, 0.29) is 11.5 Å². The van der Waals surface area contributed by atoms with Crippen molar-refractivity contribution in [2.45, 2.75) is 0 Å². The number of nitrogen functional groups attached to an aromatic ring is 2. The average Bonchev–Trinajstić information content (AvgIpc) is 2.33. The zero-order valence-electron chi connectivity index (χ0n) is 9.38. The molecule has 19 heavy (non-hydrogen) atoms. The summed E-state index contributed by atoms with van der Waals surface area (Å²) in [6, 6.07) is 3.18. The Kier molecular flexibility index (Phi) is 3.20. The molecule has 0 bridgehead atoms. The molecule has 0 amide bonds. The van der Waals surface area contributed by atoms with Crippen LogP contribution in [0.15, 0.2) is 24.3 Å². The van der Waals surface area contributed by atoms with Crippen molar-refractivity contribution < 1.29 is 22.3 Å². The molecule has 2 aromatic carbocycles. The first kappa shape index (κ1) is 13.0. The largest absolute Gasteiger partial charge is 0.457 e. The van der Waals surface area contributed by atoms with E-state index in [1.54, 1.807) is 0 Å². The number of benzene rings is 2. The Bertz CT molecular complexity index is 544. The van der Waals surface area contributed by atoms with Crippen LogP contribution < -0.4 is 16.2 Å². The highest BCUT2D eigenvalue weighted by Gasteiger charge is 2.12. The van der Waals surface area contributed by atoms with Gasteiger partial charge in [-0.15, -0.1) is 0 Å². The normalized spacial score (nSPS) is 10.5. The number of rotatable bonds is 2. The van der Waals surface area contributed by atoms with Crippen LogP contribution >= 0.6 is 0 Å². The molecule has 0 aliphatic rings. The molecule has 0 saturated heterocycles. The molecule has 4 N–H and O–H groups in total. The first-order chi connectivity index (χ1) is 8.88. The second-order valence-electron chi connectivity index (χ2n) is 3.70. The van der Waals surface area contributed by atoms with E-state index in [1.165, 1.54) is 0 Å². The van der Waals surface area contributed by atoms with E-state index >= 15 is 0 Å². The fraction of sp³-hybridized carbons (Fsp3) is 0. The van der Waals surface area contributed by atoms with Crippen LogP contribution in [0.25, 0.3) is 0 Å². The number of halogens is 4. The van der Waals surface area contributed by atoms with E-state index in [4.69, 9.17) is 16.2 Å². The molecule has 2 aromatic rings. The van der Waals surface area contributed by atoms with E-state index in [1.807, 2.05) is 0 Å². The molecule has 0 heterocycles. The zero-order valence-corrected chi connectivity index (χ0v) is 9.38. The molecule has 0 radical (unpaired) electrons. The summed E-state index contributed by atoms with van der Waals surface area (Å²) in [7, 11) is 0. The van der Waals surface area contributed by atoms with E-state index in [0.29, 0.717) is 0 Å². The topological polar surface area (TPSA) is 61.3 Å².